The number of rotatable bonds is 4. The molecule has 0 aliphatic heterocycles. The molecule has 2 atom stereocenters. The molecule has 2 aromatic heterocycles. The summed E-state index contributed by atoms with van der Waals surface area (Å²) in [5, 5.41) is 7.23. The molecule has 3 rings (SSSR count). The lowest BCUT2D eigenvalue weighted by molar-refractivity contribution is 0.0903. The molecule has 6 heteroatoms. The molecule has 0 saturated heterocycles. The van der Waals surface area contributed by atoms with Crippen molar-refractivity contribution in [2.24, 2.45) is 11.7 Å². The molecule has 1 amide bonds. The summed E-state index contributed by atoms with van der Waals surface area (Å²) in [6, 6.07) is 7.35. The molecule has 6 nitrogen and oxygen atoms in total. The Bertz CT molecular complexity index is 625. The van der Waals surface area contributed by atoms with Crippen LogP contribution in [0.4, 0.5) is 0 Å². The maximum atomic E-state index is 12.5. The van der Waals surface area contributed by atoms with Gasteiger partial charge in [-0.3, -0.25) is 4.79 Å². The fourth-order valence-corrected chi connectivity index (χ4v) is 3.00. The van der Waals surface area contributed by atoms with Crippen LogP contribution in [0.3, 0.4) is 0 Å². The number of carbonyl (C=O) groups is 1. The second-order valence-corrected chi connectivity index (χ2v) is 5.69. The number of aromatic nitrogens is 3. The molecule has 1 aliphatic carbocycles. The van der Waals surface area contributed by atoms with Crippen LogP contribution in [0.1, 0.15) is 36.2 Å². The predicted molar refractivity (Wildman–Crippen MR) is 83.6 cm³/mol. The van der Waals surface area contributed by atoms with Crippen LogP contribution in [0.2, 0.25) is 0 Å². The minimum Gasteiger partial charge on any atom is -0.348 e. The van der Waals surface area contributed by atoms with Crippen LogP contribution in [0.25, 0.3) is 5.82 Å². The van der Waals surface area contributed by atoms with Gasteiger partial charge in [0, 0.05) is 18.4 Å². The molecule has 2 unspecified atom stereocenters. The summed E-state index contributed by atoms with van der Waals surface area (Å²) in [5.41, 5.74) is 6.23. The molecule has 1 saturated carbocycles. The molecule has 1 aliphatic rings. The van der Waals surface area contributed by atoms with E-state index in [0.29, 0.717) is 24.0 Å². The predicted octanol–water partition coefficient (Wildman–Crippen LogP) is 1.51. The summed E-state index contributed by atoms with van der Waals surface area (Å²) in [6.45, 7) is 0.617. The van der Waals surface area contributed by atoms with Gasteiger partial charge in [-0.2, -0.15) is 5.10 Å². The lowest BCUT2D eigenvalue weighted by Crippen LogP contribution is -2.45. The summed E-state index contributed by atoms with van der Waals surface area (Å²) in [6.07, 6.45) is 7.90. The zero-order chi connectivity index (χ0) is 15.4. The summed E-state index contributed by atoms with van der Waals surface area (Å²) in [7, 11) is 0. The van der Waals surface area contributed by atoms with E-state index in [9.17, 15) is 4.79 Å². The third kappa shape index (κ3) is 3.17. The van der Waals surface area contributed by atoms with Gasteiger partial charge in [-0.15, -0.1) is 0 Å². The van der Waals surface area contributed by atoms with E-state index in [4.69, 9.17) is 5.73 Å². The smallest absolute Gasteiger partial charge is 0.270 e. The Hall–Kier alpha value is -2.21. The number of carbonyl (C=O) groups excluding carboxylic acids is 1. The van der Waals surface area contributed by atoms with Crippen molar-refractivity contribution in [2.45, 2.75) is 31.7 Å². The quantitative estimate of drug-likeness (QED) is 0.896. The van der Waals surface area contributed by atoms with Gasteiger partial charge in [0.05, 0.1) is 0 Å². The van der Waals surface area contributed by atoms with Crippen LogP contribution in [0.5, 0.6) is 0 Å². The summed E-state index contributed by atoms with van der Waals surface area (Å²) in [5.74, 6) is 0.864. The highest BCUT2D eigenvalue weighted by Crippen LogP contribution is 2.23. The molecule has 0 bridgehead atoms. The number of nitrogens with two attached hydrogens (primary N) is 1. The third-order valence-electron chi connectivity index (χ3n) is 4.23. The van der Waals surface area contributed by atoms with Crippen molar-refractivity contribution in [3.05, 3.63) is 42.4 Å². The lowest BCUT2D eigenvalue weighted by Gasteiger charge is -2.31. The highest BCUT2D eigenvalue weighted by atomic mass is 16.1. The van der Waals surface area contributed by atoms with Gasteiger partial charge >= 0.3 is 0 Å². The van der Waals surface area contributed by atoms with Crippen LogP contribution in [0.15, 0.2) is 36.7 Å². The molecule has 2 aromatic rings. The number of nitrogens with zero attached hydrogens (tertiary/aromatic N) is 3. The number of pyridine rings is 1. The Balaban J connectivity index is 1.73. The van der Waals surface area contributed by atoms with Crippen LogP contribution < -0.4 is 11.1 Å². The number of nitrogens with one attached hydrogen (secondary N) is 1. The molecule has 0 aromatic carbocycles. The second-order valence-electron chi connectivity index (χ2n) is 5.69. The fraction of sp³-hybridized carbons (Fsp3) is 0.438. The van der Waals surface area contributed by atoms with Gasteiger partial charge in [0.2, 0.25) is 0 Å². The van der Waals surface area contributed by atoms with Crippen LogP contribution >= 0.6 is 0 Å². The SMILES string of the molecule is NCC1CCCCC1NC(=O)c1cccc(-n2cccn2)n1. The van der Waals surface area contributed by atoms with E-state index in [1.165, 1.54) is 6.42 Å². The molecule has 0 radical (unpaired) electrons. The van der Waals surface area contributed by atoms with Gasteiger partial charge in [0.1, 0.15) is 5.69 Å². The minimum absolute atomic E-state index is 0.139. The maximum Gasteiger partial charge on any atom is 0.270 e. The van der Waals surface area contributed by atoms with Crippen molar-refractivity contribution in [3.8, 4) is 5.82 Å². The van der Waals surface area contributed by atoms with E-state index < -0.39 is 0 Å². The van der Waals surface area contributed by atoms with Gasteiger partial charge in [-0.05, 0) is 43.5 Å². The van der Waals surface area contributed by atoms with Crippen molar-refractivity contribution in [3.63, 3.8) is 0 Å². The Morgan fingerprint density at radius 3 is 2.95 bits per heavy atom. The van der Waals surface area contributed by atoms with Crippen LogP contribution in [-0.2, 0) is 0 Å². The van der Waals surface area contributed by atoms with E-state index >= 15 is 0 Å². The van der Waals surface area contributed by atoms with Crippen molar-refractivity contribution in [1.82, 2.24) is 20.1 Å². The van der Waals surface area contributed by atoms with Gasteiger partial charge in [-0.25, -0.2) is 9.67 Å². The highest BCUT2D eigenvalue weighted by Gasteiger charge is 2.26. The monoisotopic (exact) mass is 299 g/mol. The number of hydrogen-bond acceptors (Lipinski definition) is 4. The average Bonchev–Trinajstić information content (AvgIpc) is 3.10. The fourth-order valence-electron chi connectivity index (χ4n) is 3.00. The van der Waals surface area contributed by atoms with E-state index in [1.54, 1.807) is 23.1 Å². The Labute approximate surface area is 129 Å². The van der Waals surface area contributed by atoms with Gasteiger partial charge in [0.25, 0.3) is 5.91 Å². The van der Waals surface area contributed by atoms with Crippen molar-refractivity contribution in [2.75, 3.05) is 6.54 Å². The Kier molecular flexibility index (Phi) is 4.48. The van der Waals surface area contributed by atoms with E-state index in [0.717, 1.165) is 19.3 Å². The van der Waals surface area contributed by atoms with Crippen LogP contribution in [-0.4, -0.2) is 33.3 Å². The molecule has 3 N–H and O–H groups in total. The van der Waals surface area contributed by atoms with Crippen molar-refractivity contribution < 1.29 is 4.79 Å². The average molecular weight is 299 g/mol. The topological polar surface area (TPSA) is 85.8 Å². The van der Waals surface area contributed by atoms with Gasteiger partial charge < -0.3 is 11.1 Å². The first-order valence-corrected chi connectivity index (χ1v) is 7.76. The van der Waals surface area contributed by atoms with E-state index in [-0.39, 0.29) is 11.9 Å². The first-order valence-electron chi connectivity index (χ1n) is 7.76. The van der Waals surface area contributed by atoms with E-state index in [2.05, 4.69) is 15.4 Å². The number of hydrogen-bond donors (Lipinski definition) is 2. The first kappa shape index (κ1) is 14.7. The maximum absolute atomic E-state index is 12.5. The molecular weight excluding hydrogens is 278 g/mol. The largest absolute Gasteiger partial charge is 0.348 e. The zero-order valence-electron chi connectivity index (χ0n) is 12.5. The summed E-state index contributed by atoms with van der Waals surface area (Å²) < 4.78 is 1.64. The van der Waals surface area contributed by atoms with Crippen molar-refractivity contribution in [1.29, 1.82) is 0 Å². The van der Waals surface area contributed by atoms with Crippen LogP contribution in [0, 0.1) is 5.92 Å². The molecule has 22 heavy (non-hydrogen) atoms. The van der Waals surface area contributed by atoms with Crippen molar-refractivity contribution >= 4 is 5.91 Å². The van der Waals surface area contributed by atoms with E-state index in [1.807, 2.05) is 18.2 Å². The molecular formula is C16H21N5O. The second kappa shape index (κ2) is 6.70. The molecule has 1 fully saturated rings. The molecule has 116 valence electrons. The minimum atomic E-state index is -0.139. The Morgan fingerprint density at radius 2 is 2.18 bits per heavy atom. The standard InChI is InChI=1S/C16H21N5O/c17-11-12-5-1-2-6-13(12)20-16(22)14-7-3-8-15(19-14)21-10-4-9-18-21/h3-4,7-10,12-13H,1-2,5-6,11,17H2,(H,20,22). The summed E-state index contributed by atoms with van der Waals surface area (Å²) in [4.78, 5) is 16.8. The molecule has 0 spiro atoms. The normalized spacial score (nSPS) is 21.5. The Morgan fingerprint density at radius 1 is 1.32 bits per heavy atom. The van der Waals surface area contributed by atoms with Gasteiger partial charge in [0.15, 0.2) is 5.82 Å². The lowest BCUT2D eigenvalue weighted by atomic mass is 9.84. The first-order chi connectivity index (χ1) is 10.8. The highest BCUT2D eigenvalue weighted by molar-refractivity contribution is 5.92. The zero-order valence-corrected chi connectivity index (χ0v) is 12.5. The van der Waals surface area contributed by atoms with Gasteiger partial charge in [-0.1, -0.05) is 18.9 Å². The number of amides is 1. The molecule has 2 heterocycles. The third-order valence-corrected chi connectivity index (χ3v) is 4.23. The summed E-state index contributed by atoms with van der Waals surface area (Å²) >= 11 is 0.